The van der Waals surface area contributed by atoms with Gasteiger partial charge in [-0.25, -0.2) is 0 Å². The Balaban J connectivity index is 1.71. The van der Waals surface area contributed by atoms with Crippen LogP contribution < -0.4 is 10.9 Å². The molecule has 2 aromatic carbocycles. The molecule has 29 heavy (non-hydrogen) atoms. The van der Waals surface area contributed by atoms with Gasteiger partial charge >= 0.3 is 0 Å². The first-order valence-electron chi connectivity index (χ1n) is 9.23. The fourth-order valence-corrected chi connectivity index (χ4v) is 3.24. The van der Waals surface area contributed by atoms with Crippen molar-refractivity contribution in [1.82, 2.24) is 14.7 Å². The topological polar surface area (TPSA) is 90.0 Å². The third kappa shape index (κ3) is 3.67. The Labute approximate surface area is 167 Å². The van der Waals surface area contributed by atoms with Gasteiger partial charge in [0.2, 0.25) is 5.91 Å². The molecule has 0 fully saturated rings. The van der Waals surface area contributed by atoms with Crippen molar-refractivity contribution in [2.24, 2.45) is 0 Å². The molecule has 4 aromatic rings. The Morgan fingerprint density at radius 2 is 1.86 bits per heavy atom. The third-order valence-electron chi connectivity index (χ3n) is 4.87. The minimum atomic E-state index is -0.315. The lowest BCUT2D eigenvalue weighted by Crippen LogP contribution is -2.27. The molecule has 0 aliphatic carbocycles. The van der Waals surface area contributed by atoms with Crippen molar-refractivity contribution >= 4 is 22.5 Å². The molecule has 7 heteroatoms. The van der Waals surface area contributed by atoms with Crippen molar-refractivity contribution in [2.45, 2.75) is 27.3 Å². The van der Waals surface area contributed by atoms with E-state index in [-0.39, 0.29) is 23.9 Å². The summed E-state index contributed by atoms with van der Waals surface area (Å²) >= 11 is 0. The van der Waals surface area contributed by atoms with Gasteiger partial charge in [0.1, 0.15) is 6.54 Å². The summed E-state index contributed by atoms with van der Waals surface area (Å²) in [6.07, 6.45) is 0. The average molecular weight is 388 g/mol. The summed E-state index contributed by atoms with van der Waals surface area (Å²) < 4.78 is 6.69. The van der Waals surface area contributed by atoms with E-state index < -0.39 is 0 Å². The summed E-state index contributed by atoms with van der Waals surface area (Å²) in [6.45, 7) is 5.61. The Kier molecular flexibility index (Phi) is 4.72. The van der Waals surface area contributed by atoms with E-state index in [1.54, 1.807) is 13.0 Å². The first kappa shape index (κ1) is 18.6. The van der Waals surface area contributed by atoms with E-state index in [9.17, 15) is 9.59 Å². The molecule has 2 heterocycles. The maximum atomic E-state index is 12.8. The van der Waals surface area contributed by atoms with E-state index in [4.69, 9.17) is 4.52 Å². The highest BCUT2D eigenvalue weighted by molar-refractivity contribution is 5.95. The highest BCUT2D eigenvalue weighted by atomic mass is 16.5. The van der Waals surface area contributed by atoms with Crippen LogP contribution in [0.15, 0.2) is 57.8 Å². The Morgan fingerprint density at radius 1 is 1.07 bits per heavy atom. The first-order valence-corrected chi connectivity index (χ1v) is 9.23. The highest BCUT2D eigenvalue weighted by Crippen LogP contribution is 2.26. The van der Waals surface area contributed by atoms with Crippen LogP contribution in [0.25, 0.3) is 22.4 Å². The molecule has 0 aliphatic heterocycles. The van der Waals surface area contributed by atoms with Crippen molar-refractivity contribution in [2.75, 3.05) is 5.32 Å². The van der Waals surface area contributed by atoms with E-state index in [0.29, 0.717) is 22.6 Å². The summed E-state index contributed by atoms with van der Waals surface area (Å²) in [5.41, 5.74) is 3.80. The monoisotopic (exact) mass is 388 g/mol. The fourth-order valence-electron chi connectivity index (χ4n) is 3.24. The van der Waals surface area contributed by atoms with Crippen LogP contribution >= 0.6 is 0 Å². The van der Waals surface area contributed by atoms with Gasteiger partial charge in [-0.1, -0.05) is 29.4 Å². The summed E-state index contributed by atoms with van der Waals surface area (Å²) in [5, 5.41) is 7.42. The number of aryl methyl sites for hydroxylation is 3. The van der Waals surface area contributed by atoms with Crippen molar-refractivity contribution in [3.05, 3.63) is 75.8 Å². The Hall–Kier alpha value is -3.74. The van der Waals surface area contributed by atoms with Crippen molar-refractivity contribution < 1.29 is 9.32 Å². The van der Waals surface area contributed by atoms with Crippen LogP contribution in [0.4, 0.5) is 5.69 Å². The number of para-hydroxylation sites is 1. The van der Waals surface area contributed by atoms with Gasteiger partial charge in [0.25, 0.3) is 11.4 Å². The molecule has 1 amide bonds. The number of aromatic nitrogens is 3. The quantitative estimate of drug-likeness (QED) is 0.577. The van der Waals surface area contributed by atoms with Gasteiger partial charge in [0.05, 0.1) is 11.1 Å². The molecule has 0 radical (unpaired) electrons. The summed E-state index contributed by atoms with van der Waals surface area (Å²) in [7, 11) is 0. The Bertz CT molecular complexity index is 1290. The zero-order valence-corrected chi connectivity index (χ0v) is 16.4. The number of amides is 1. The molecule has 0 atom stereocenters. The van der Waals surface area contributed by atoms with E-state index in [1.807, 2.05) is 50.2 Å². The second kappa shape index (κ2) is 7.35. The lowest BCUT2D eigenvalue weighted by atomic mass is 10.1. The maximum Gasteiger partial charge on any atom is 0.258 e. The second-order valence-corrected chi connectivity index (χ2v) is 6.99. The molecule has 0 unspecified atom stereocenters. The SMILES string of the molecule is Cc1noc(-c2cc(=O)n(CC(=O)Nc3ccc(C)c(C)c3)c3ccccc23)n1. The summed E-state index contributed by atoms with van der Waals surface area (Å²) in [6, 6.07) is 14.5. The molecule has 0 saturated carbocycles. The summed E-state index contributed by atoms with van der Waals surface area (Å²) in [4.78, 5) is 29.7. The molecule has 0 aliphatic rings. The van der Waals surface area contributed by atoms with Crippen molar-refractivity contribution in [1.29, 1.82) is 0 Å². The van der Waals surface area contributed by atoms with Crippen LogP contribution in [-0.2, 0) is 11.3 Å². The molecule has 0 bridgehead atoms. The average Bonchev–Trinajstić information content (AvgIpc) is 3.13. The number of rotatable bonds is 4. The molecular weight excluding hydrogens is 368 g/mol. The maximum absolute atomic E-state index is 12.8. The van der Waals surface area contributed by atoms with Crippen LogP contribution in [0.5, 0.6) is 0 Å². The minimum Gasteiger partial charge on any atom is -0.334 e. The predicted octanol–water partition coefficient (Wildman–Crippen LogP) is 3.62. The minimum absolute atomic E-state index is 0.102. The molecule has 2 aromatic heterocycles. The van der Waals surface area contributed by atoms with Crippen LogP contribution in [0.1, 0.15) is 17.0 Å². The predicted molar refractivity (Wildman–Crippen MR) is 111 cm³/mol. The van der Waals surface area contributed by atoms with Crippen LogP contribution in [-0.4, -0.2) is 20.6 Å². The lowest BCUT2D eigenvalue weighted by molar-refractivity contribution is -0.116. The highest BCUT2D eigenvalue weighted by Gasteiger charge is 2.16. The number of hydrogen-bond acceptors (Lipinski definition) is 5. The van der Waals surface area contributed by atoms with Gasteiger partial charge < -0.3 is 9.84 Å². The smallest absolute Gasteiger partial charge is 0.258 e. The number of carbonyl (C=O) groups excluding carboxylic acids is 1. The van der Waals surface area contributed by atoms with E-state index in [1.165, 1.54) is 10.6 Å². The van der Waals surface area contributed by atoms with Gasteiger partial charge in [-0.15, -0.1) is 0 Å². The van der Waals surface area contributed by atoms with E-state index >= 15 is 0 Å². The van der Waals surface area contributed by atoms with Gasteiger partial charge in [-0.2, -0.15) is 4.98 Å². The standard InChI is InChI=1S/C22H20N4O3/c1-13-8-9-16(10-14(13)2)24-20(27)12-26-19-7-5-4-6-17(19)18(11-21(26)28)22-23-15(3)25-29-22/h4-11H,12H2,1-3H3,(H,24,27). The summed E-state index contributed by atoms with van der Waals surface area (Å²) in [5.74, 6) is 0.491. The van der Waals surface area contributed by atoms with Crippen molar-refractivity contribution in [3.63, 3.8) is 0 Å². The molecule has 4 rings (SSSR count). The van der Waals surface area contributed by atoms with Crippen LogP contribution in [0.2, 0.25) is 0 Å². The van der Waals surface area contributed by atoms with Crippen LogP contribution in [0, 0.1) is 20.8 Å². The lowest BCUT2D eigenvalue weighted by Gasteiger charge is -2.13. The van der Waals surface area contributed by atoms with Gasteiger partial charge in [0.15, 0.2) is 5.82 Å². The molecular formula is C22H20N4O3. The number of pyridine rings is 1. The fraction of sp³-hybridized carbons (Fsp3) is 0.182. The molecule has 7 nitrogen and oxygen atoms in total. The molecule has 0 saturated heterocycles. The second-order valence-electron chi connectivity index (χ2n) is 6.99. The van der Waals surface area contributed by atoms with Gasteiger partial charge in [0, 0.05) is 17.1 Å². The number of fused-ring (bicyclic) bond motifs is 1. The number of carbonyl (C=O) groups is 1. The molecule has 146 valence electrons. The van der Waals surface area contributed by atoms with Gasteiger partial charge in [-0.05, 0) is 50.1 Å². The number of nitrogens with one attached hydrogen (secondary N) is 1. The number of hydrogen-bond donors (Lipinski definition) is 1. The first-order chi connectivity index (χ1) is 13.9. The largest absolute Gasteiger partial charge is 0.334 e. The van der Waals surface area contributed by atoms with Gasteiger partial charge in [-0.3, -0.25) is 14.2 Å². The third-order valence-corrected chi connectivity index (χ3v) is 4.87. The van der Waals surface area contributed by atoms with E-state index in [0.717, 1.165) is 16.5 Å². The van der Waals surface area contributed by atoms with E-state index in [2.05, 4.69) is 15.5 Å². The Morgan fingerprint density at radius 3 is 2.59 bits per heavy atom. The molecule has 1 N–H and O–H groups in total. The zero-order chi connectivity index (χ0) is 20.5. The number of nitrogens with zero attached hydrogens (tertiary/aromatic N) is 3. The number of anilines is 1. The normalized spacial score (nSPS) is 11.0. The van der Waals surface area contributed by atoms with Crippen molar-refractivity contribution in [3.8, 4) is 11.5 Å². The van der Waals surface area contributed by atoms with Crippen LogP contribution in [0.3, 0.4) is 0 Å². The zero-order valence-electron chi connectivity index (χ0n) is 16.4. The molecule has 0 spiro atoms. The number of benzene rings is 2.